The summed E-state index contributed by atoms with van der Waals surface area (Å²) in [7, 11) is 3.78. The van der Waals surface area contributed by atoms with Crippen LogP contribution in [0.25, 0.3) is 0 Å². The fourth-order valence-electron chi connectivity index (χ4n) is 1.71. The number of halogens is 1. The first-order chi connectivity index (χ1) is 7.72. The third kappa shape index (κ3) is 2.04. The van der Waals surface area contributed by atoms with Gasteiger partial charge in [0.2, 0.25) is 0 Å². The third-order valence-electron chi connectivity index (χ3n) is 2.47. The molecule has 1 aromatic heterocycles. The van der Waals surface area contributed by atoms with Gasteiger partial charge in [0, 0.05) is 33.3 Å². The monoisotopic (exact) mass is 239 g/mol. The van der Waals surface area contributed by atoms with Gasteiger partial charge >= 0.3 is 0 Å². The molecule has 6 heteroatoms. The molecule has 2 heterocycles. The average molecular weight is 240 g/mol. The summed E-state index contributed by atoms with van der Waals surface area (Å²) in [6.45, 7) is 0.853. The predicted molar refractivity (Wildman–Crippen MR) is 67.3 cm³/mol. The molecule has 1 aliphatic heterocycles. The van der Waals surface area contributed by atoms with E-state index in [-0.39, 0.29) is 0 Å². The van der Waals surface area contributed by atoms with E-state index in [1.54, 1.807) is 13.2 Å². The molecule has 2 N–H and O–H groups in total. The Labute approximate surface area is 99.5 Å². The van der Waals surface area contributed by atoms with Crippen molar-refractivity contribution >= 4 is 28.8 Å². The van der Waals surface area contributed by atoms with Crippen LogP contribution in [-0.2, 0) is 0 Å². The van der Waals surface area contributed by atoms with Gasteiger partial charge in [0.25, 0.3) is 0 Å². The van der Waals surface area contributed by atoms with Crippen molar-refractivity contribution in [3.05, 3.63) is 17.4 Å². The van der Waals surface area contributed by atoms with Gasteiger partial charge in [-0.15, -0.1) is 0 Å². The highest BCUT2D eigenvalue weighted by molar-refractivity contribution is 6.33. The highest BCUT2D eigenvalue weighted by Crippen LogP contribution is 2.33. The average Bonchev–Trinajstić information content (AvgIpc) is 2.40. The molecule has 0 fully saturated rings. The zero-order valence-corrected chi connectivity index (χ0v) is 10.0. The van der Waals surface area contributed by atoms with Crippen LogP contribution in [0.4, 0.5) is 11.4 Å². The van der Waals surface area contributed by atoms with E-state index in [1.165, 1.54) is 0 Å². The third-order valence-corrected chi connectivity index (χ3v) is 2.75. The van der Waals surface area contributed by atoms with E-state index in [2.05, 4.69) is 25.7 Å². The van der Waals surface area contributed by atoms with Crippen LogP contribution >= 0.6 is 11.6 Å². The minimum Gasteiger partial charge on any atom is -0.370 e. The van der Waals surface area contributed by atoms with Crippen LogP contribution in [0.1, 0.15) is 6.42 Å². The molecule has 0 atom stereocenters. The zero-order chi connectivity index (χ0) is 11.5. The smallest absolute Gasteiger partial charge is 0.154 e. The van der Waals surface area contributed by atoms with E-state index in [1.807, 2.05) is 13.1 Å². The van der Waals surface area contributed by atoms with Crippen molar-refractivity contribution in [3.63, 3.8) is 0 Å². The maximum absolute atomic E-state index is 6.09. The molecule has 0 saturated heterocycles. The van der Waals surface area contributed by atoms with Gasteiger partial charge in [0.05, 0.1) is 11.4 Å². The van der Waals surface area contributed by atoms with Crippen LogP contribution in [0.2, 0.25) is 5.15 Å². The minimum absolute atomic E-state index is 0.512. The Morgan fingerprint density at radius 1 is 1.62 bits per heavy atom. The Morgan fingerprint density at radius 3 is 3.19 bits per heavy atom. The molecule has 16 heavy (non-hydrogen) atoms. The van der Waals surface area contributed by atoms with Crippen molar-refractivity contribution < 1.29 is 0 Å². The van der Waals surface area contributed by atoms with Crippen LogP contribution in [0.3, 0.4) is 0 Å². The van der Waals surface area contributed by atoms with Gasteiger partial charge in [-0.3, -0.25) is 0 Å². The lowest BCUT2D eigenvalue weighted by atomic mass is 10.3. The van der Waals surface area contributed by atoms with Gasteiger partial charge in [0.15, 0.2) is 5.15 Å². The number of fused-ring (bicyclic) bond motifs is 1. The first-order valence-corrected chi connectivity index (χ1v) is 5.46. The molecule has 2 rings (SSSR count). The van der Waals surface area contributed by atoms with Crippen LogP contribution in [0.5, 0.6) is 0 Å². The normalized spacial score (nSPS) is 17.7. The maximum atomic E-state index is 6.09. The zero-order valence-electron chi connectivity index (χ0n) is 9.29. The Morgan fingerprint density at radius 2 is 2.44 bits per heavy atom. The summed E-state index contributed by atoms with van der Waals surface area (Å²) >= 11 is 6.09. The van der Waals surface area contributed by atoms with Crippen molar-refractivity contribution in [2.24, 2.45) is 5.10 Å². The van der Waals surface area contributed by atoms with Gasteiger partial charge in [-0.1, -0.05) is 11.6 Å². The molecule has 1 aromatic rings. The number of pyridine rings is 1. The Bertz CT molecular complexity index is 418. The van der Waals surface area contributed by atoms with Crippen molar-refractivity contribution in [1.29, 1.82) is 0 Å². The largest absolute Gasteiger partial charge is 0.370 e. The highest BCUT2D eigenvalue weighted by Gasteiger charge is 2.18. The first kappa shape index (κ1) is 11.0. The van der Waals surface area contributed by atoms with Crippen LogP contribution in [0.15, 0.2) is 17.4 Å². The molecule has 0 spiro atoms. The second-order valence-electron chi connectivity index (χ2n) is 3.58. The molecule has 0 bridgehead atoms. The molecule has 0 amide bonds. The topological polar surface area (TPSA) is 52.6 Å². The second kappa shape index (κ2) is 4.57. The standard InChI is InChI=1S/C10H14ClN5/c1-12-15-8-4-6-16(2)9-7(14-8)3-5-13-10(9)11/h3,5,12H,4,6H2,1-2H3,(H,14,15). The summed E-state index contributed by atoms with van der Waals surface area (Å²) in [6.07, 6.45) is 2.52. The quantitative estimate of drug-likeness (QED) is 0.576. The second-order valence-corrected chi connectivity index (χ2v) is 3.93. The first-order valence-electron chi connectivity index (χ1n) is 5.08. The summed E-state index contributed by atoms with van der Waals surface area (Å²) in [5.41, 5.74) is 4.64. The Balaban J connectivity index is 2.41. The predicted octanol–water partition coefficient (Wildman–Crippen LogP) is 1.52. The lowest BCUT2D eigenvalue weighted by Crippen LogP contribution is -2.20. The molecular weight excluding hydrogens is 226 g/mol. The number of nitrogens with one attached hydrogen (secondary N) is 2. The number of hydrogen-bond acceptors (Lipinski definition) is 4. The van der Waals surface area contributed by atoms with Gasteiger partial charge < -0.3 is 15.6 Å². The maximum Gasteiger partial charge on any atom is 0.154 e. The van der Waals surface area contributed by atoms with E-state index in [9.17, 15) is 0 Å². The summed E-state index contributed by atoms with van der Waals surface area (Å²) in [4.78, 5) is 6.16. The van der Waals surface area contributed by atoms with Crippen molar-refractivity contribution in [2.75, 3.05) is 30.9 Å². The molecular formula is C10H14ClN5. The molecule has 1 aliphatic rings. The summed E-state index contributed by atoms with van der Waals surface area (Å²) in [5.74, 6) is 0.898. The van der Waals surface area contributed by atoms with Gasteiger partial charge in [-0.2, -0.15) is 5.10 Å². The lowest BCUT2D eigenvalue weighted by molar-refractivity contribution is 0.871. The fraction of sp³-hybridized carbons (Fsp3) is 0.400. The molecule has 0 radical (unpaired) electrons. The van der Waals surface area contributed by atoms with Crippen LogP contribution in [0, 0.1) is 0 Å². The van der Waals surface area contributed by atoms with Crippen LogP contribution < -0.4 is 15.6 Å². The van der Waals surface area contributed by atoms with Crippen molar-refractivity contribution in [3.8, 4) is 0 Å². The number of amidine groups is 1. The van der Waals surface area contributed by atoms with Crippen molar-refractivity contribution in [1.82, 2.24) is 10.4 Å². The van der Waals surface area contributed by atoms with E-state index in [4.69, 9.17) is 11.6 Å². The Hall–Kier alpha value is -1.49. The van der Waals surface area contributed by atoms with E-state index in [0.717, 1.165) is 30.2 Å². The number of hydrazone groups is 1. The minimum atomic E-state index is 0.512. The number of rotatable bonds is 1. The highest BCUT2D eigenvalue weighted by atomic mass is 35.5. The Kier molecular flexibility index (Phi) is 3.14. The van der Waals surface area contributed by atoms with Gasteiger partial charge in [-0.25, -0.2) is 4.98 Å². The number of aromatic nitrogens is 1. The van der Waals surface area contributed by atoms with E-state index < -0.39 is 0 Å². The lowest BCUT2D eigenvalue weighted by Gasteiger charge is -2.18. The number of anilines is 2. The molecule has 0 aromatic carbocycles. The van der Waals surface area contributed by atoms with E-state index >= 15 is 0 Å². The SMILES string of the molecule is CN/N=C1/CCN(C)c2c(ccnc2Cl)N1. The molecule has 0 aliphatic carbocycles. The van der Waals surface area contributed by atoms with E-state index in [0.29, 0.717) is 5.15 Å². The van der Waals surface area contributed by atoms with Gasteiger partial charge in [0.1, 0.15) is 5.84 Å². The van der Waals surface area contributed by atoms with Gasteiger partial charge in [-0.05, 0) is 6.07 Å². The molecule has 5 nitrogen and oxygen atoms in total. The summed E-state index contributed by atoms with van der Waals surface area (Å²) < 4.78 is 0. The molecule has 0 saturated carbocycles. The molecule has 86 valence electrons. The number of hydrogen-bond donors (Lipinski definition) is 2. The number of nitrogens with zero attached hydrogens (tertiary/aromatic N) is 3. The summed E-state index contributed by atoms with van der Waals surface area (Å²) in [6, 6.07) is 1.90. The fourth-order valence-corrected chi connectivity index (χ4v) is 2.02. The molecule has 0 unspecified atom stereocenters. The van der Waals surface area contributed by atoms with Crippen molar-refractivity contribution in [2.45, 2.75) is 6.42 Å². The van der Waals surface area contributed by atoms with Crippen LogP contribution in [-0.4, -0.2) is 31.5 Å². The summed E-state index contributed by atoms with van der Waals surface area (Å²) in [5, 5.41) is 7.94.